The summed E-state index contributed by atoms with van der Waals surface area (Å²) in [6, 6.07) is 3.24. The van der Waals surface area contributed by atoms with Crippen LogP contribution in [0.25, 0.3) is 0 Å². The van der Waals surface area contributed by atoms with Crippen molar-refractivity contribution in [1.82, 2.24) is 0 Å². The van der Waals surface area contributed by atoms with Crippen LogP contribution in [-0.2, 0) is 14.6 Å². The van der Waals surface area contributed by atoms with Gasteiger partial charge in [0.1, 0.15) is 5.41 Å². The lowest BCUT2D eigenvalue weighted by Gasteiger charge is -2.41. The lowest BCUT2D eigenvalue weighted by Crippen LogP contribution is -2.58. The lowest BCUT2D eigenvalue weighted by atomic mass is 9.59. The van der Waals surface area contributed by atoms with Gasteiger partial charge in [-0.25, -0.2) is 8.42 Å². The molecule has 2 aliphatic rings. The molecule has 0 N–H and O–H groups in total. The summed E-state index contributed by atoms with van der Waals surface area (Å²) in [4.78, 5) is 33.8. The molecular formula is C16H18ClN3O8S. The van der Waals surface area contributed by atoms with E-state index in [1.807, 2.05) is 0 Å². The topological polar surface area (TPSA) is 164 Å². The molecule has 1 aromatic carbocycles. The van der Waals surface area contributed by atoms with Crippen LogP contribution in [-0.4, -0.2) is 34.8 Å². The van der Waals surface area contributed by atoms with Gasteiger partial charge in [0, 0.05) is 31.0 Å². The van der Waals surface area contributed by atoms with Crippen molar-refractivity contribution in [1.29, 1.82) is 0 Å². The van der Waals surface area contributed by atoms with Crippen molar-refractivity contribution in [3.8, 4) is 0 Å². The molecule has 0 aromatic heterocycles. The van der Waals surface area contributed by atoms with Crippen molar-refractivity contribution in [2.45, 2.75) is 55.6 Å². The SMILES string of the molecule is CC1(C)C2([N+](=O)[O-])CC([N+](=O)[O-])C1(C)C(c1ccccc1S(=O)(=O)Cl)([N+](=O)[O-])C2. The smallest absolute Gasteiger partial charge is 0.264 e. The Kier molecular flexibility index (Phi) is 4.31. The Morgan fingerprint density at radius 1 is 1.03 bits per heavy atom. The van der Waals surface area contributed by atoms with E-state index < -0.39 is 69.5 Å². The van der Waals surface area contributed by atoms with E-state index in [0.29, 0.717) is 0 Å². The largest absolute Gasteiger partial charge is 0.267 e. The zero-order valence-electron chi connectivity index (χ0n) is 15.7. The molecule has 0 radical (unpaired) electrons. The molecule has 0 amide bonds. The molecule has 2 aliphatic carbocycles. The fourth-order valence-electron chi connectivity index (χ4n) is 5.77. The van der Waals surface area contributed by atoms with Gasteiger partial charge in [0.15, 0.2) is 0 Å². The second-order valence-corrected chi connectivity index (χ2v) is 10.9. The number of fused-ring (bicyclic) bond motifs is 2. The average molecular weight is 448 g/mol. The first-order chi connectivity index (χ1) is 13.1. The van der Waals surface area contributed by atoms with Crippen molar-refractivity contribution in [2.24, 2.45) is 10.8 Å². The Morgan fingerprint density at radius 2 is 1.59 bits per heavy atom. The van der Waals surface area contributed by atoms with E-state index in [1.54, 1.807) is 0 Å². The normalized spacial score (nSPS) is 35.4. The van der Waals surface area contributed by atoms with Crippen molar-refractivity contribution in [3.63, 3.8) is 0 Å². The molecule has 4 atom stereocenters. The Bertz CT molecular complexity index is 1060. The molecule has 13 heteroatoms. The molecule has 11 nitrogen and oxygen atoms in total. The highest BCUT2D eigenvalue weighted by atomic mass is 35.7. The number of hydrogen-bond donors (Lipinski definition) is 0. The summed E-state index contributed by atoms with van der Waals surface area (Å²) in [6.07, 6.45) is -1.17. The van der Waals surface area contributed by atoms with Crippen LogP contribution in [0.15, 0.2) is 29.2 Å². The molecule has 4 unspecified atom stereocenters. The number of nitrogens with zero attached hydrogens (tertiary/aromatic N) is 3. The van der Waals surface area contributed by atoms with Crippen molar-refractivity contribution < 1.29 is 23.2 Å². The molecule has 0 spiro atoms. The van der Waals surface area contributed by atoms with Crippen LogP contribution in [0.2, 0.25) is 0 Å². The fourth-order valence-corrected chi connectivity index (χ4v) is 6.92. The summed E-state index contributed by atoms with van der Waals surface area (Å²) >= 11 is 0. The summed E-state index contributed by atoms with van der Waals surface area (Å²) in [5.74, 6) is 0. The van der Waals surface area contributed by atoms with Crippen LogP contribution in [0, 0.1) is 41.2 Å². The maximum Gasteiger partial charge on any atom is 0.267 e. The van der Waals surface area contributed by atoms with Gasteiger partial charge in [-0.3, -0.25) is 30.3 Å². The molecule has 2 bridgehead atoms. The fraction of sp³-hybridized carbons (Fsp3) is 0.625. The zero-order valence-corrected chi connectivity index (χ0v) is 17.3. The minimum absolute atomic E-state index is 0.370. The van der Waals surface area contributed by atoms with Gasteiger partial charge in [0.05, 0.1) is 23.2 Å². The van der Waals surface area contributed by atoms with Gasteiger partial charge in [-0.15, -0.1) is 0 Å². The van der Waals surface area contributed by atoms with E-state index in [2.05, 4.69) is 0 Å². The number of rotatable bonds is 5. The molecule has 2 saturated carbocycles. The lowest BCUT2D eigenvalue weighted by molar-refractivity contribution is -0.649. The Labute approximate surface area is 169 Å². The zero-order chi connectivity index (χ0) is 22.2. The predicted octanol–water partition coefficient (Wildman–Crippen LogP) is 2.59. The van der Waals surface area contributed by atoms with Gasteiger partial charge in [-0.1, -0.05) is 32.0 Å². The number of hydrogen-bond acceptors (Lipinski definition) is 8. The minimum Gasteiger partial charge on any atom is -0.264 e. The van der Waals surface area contributed by atoms with Crippen LogP contribution >= 0.6 is 10.7 Å². The maximum atomic E-state index is 12.5. The monoisotopic (exact) mass is 447 g/mol. The second-order valence-electron chi connectivity index (χ2n) is 8.35. The summed E-state index contributed by atoms with van der Waals surface area (Å²) in [6.45, 7) is 4.09. The number of halogens is 1. The molecule has 2 fully saturated rings. The summed E-state index contributed by atoms with van der Waals surface area (Å²) in [7, 11) is 1.03. The summed E-state index contributed by atoms with van der Waals surface area (Å²) in [5.41, 5.74) is -8.14. The van der Waals surface area contributed by atoms with Gasteiger partial charge >= 0.3 is 0 Å². The van der Waals surface area contributed by atoms with Gasteiger partial charge in [-0.05, 0) is 13.0 Å². The van der Waals surface area contributed by atoms with Gasteiger partial charge in [0.2, 0.25) is 11.6 Å². The van der Waals surface area contributed by atoms with E-state index in [1.165, 1.54) is 32.9 Å². The number of nitro groups is 3. The number of benzene rings is 1. The standard InChI is InChI=1S/C16H18ClN3O8S/c1-13(2)14(3)12(18(21)22)8-15(13,19(23)24)9-16(14,20(25)26)10-6-4-5-7-11(10)29(17,27)28/h4-7,12H,8-9H2,1-3H3. The first kappa shape index (κ1) is 21.4. The molecule has 1 aromatic rings. The summed E-state index contributed by atoms with van der Waals surface area (Å²) < 4.78 is 24.3. The summed E-state index contributed by atoms with van der Waals surface area (Å²) in [5, 5.41) is 36.6. The Balaban J connectivity index is 2.52. The van der Waals surface area contributed by atoms with E-state index in [9.17, 15) is 38.8 Å². The first-order valence-electron chi connectivity index (χ1n) is 8.58. The van der Waals surface area contributed by atoms with Gasteiger partial charge in [-0.2, -0.15) is 0 Å². The highest BCUT2D eigenvalue weighted by molar-refractivity contribution is 8.13. The predicted molar refractivity (Wildman–Crippen MR) is 99.8 cm³/mol. The van der Waals surface area contributed by atoms with E-state index in [-0.39, 0.29) is 5.56 Å². The van der Waals surface area contributed by atoms with Crippen LogP contribution in [0.5, 0.6) is 0 Å². The first-order valence-corrected chi connectivity index (χ1v) is 10.9. The second kappa shape index (κ2) is 5.85. The molecule has 29 heavy (non-hydrogen) atoms. The maximum absolute atomic E-state index is 12.5. The minimum atomic E-state index is -4.47. The van der Waals surface area contributed by atoms with Crippen molar-refractivity contribution in [2.75, 3.05) is 0 Å². The molecule has 0 heterocycles. The van der Waals surface area contributed by atoms with Crippen LogP contribution < -0.4 is 0 Å². The van der Waals surface area contributed by atoms with Crippen LogP contribution in [0.4, 0.5) is 0 Å². The van der Waals surface area contributed by atoms with Gasteiger partial charge in [0.25, 0.3) is 14.6 Å². The van der Waals surface area contributed by atoms with Crippen LogP contribution in [0.1, 0.15) is 39.2 Å². The van der Waals surface area contributed by atoms with Crippen molar-refractivity contribution >= 4 is 19.7 Å². The highest BCUT2D eigenvalue weighted by Gasteiger charge is 2.94. The molecule has 3 rings (SSSR count). The van der Waals surface area contributed by atoms with Crippen molar-refractivity contribution in [3.05, 3.63) is 60.2 Å². The Morgan fingerprint density at radius 3 is 2.00 bits per heavy atom. The third kappa shape index (κ3) is 2.21. The molecular weight excluding hydrogens is 430 g/mol. The highest BCUT2D eigenvalue weighted by Crippen LogP contribution is 2.76. The van der Waals surface area contributed by atoms with E-state index in [0.717, 1.165) is 12.1 Å². The van der Waals surface area contributed by atoms with E-state index >= 15 is 0 Å². The third-order valence-corrected chi connectivity index (χ3v) is 8.96. The molecule has 0 aliphatic heterocycles. The average Bonchev–Trinajstić information content (AvgIpc) is 2.88. The molecule has 158 valence electrons. The van der Waals surface area contributed by atoms with E-state index in [4.69, 9.17) is 10.7 Å². The molecule has 0 saturated heterocycles. The Hall–Kier alpha value is -2.34. The van der Waals surface area contributed by atoms with Gasteiger partial charge < -0.3 is 0 Å². The quantitative estimate of drug-likeness (QED) is 0.377. The van der Waals surface area contributed by atoms with Crippen LogP contribution in [0.3, 0.4) is 0 Å². The third-order valence-electron chi connectivity index (χ3n) is 7.58.